The first-order chi connectivity index (χ1) is 19.3. The molecule has 1 amide bonds. The second kappa shape index (κ2) is 10.9. The number of halogens is 1. The molecule has 1 saturated heterocycles. The zero-order valence-electron chi connectivity index (χ0n) is 22.8. The van der Waals surface area contributed by atoms with E-state index in [4.69, 9.17) is 15.7 Å². The van der Waals surface area contributed by atoms with Gasteiger partial charge in [-0.05, 0) is 69.2 Å². The number of likely N-dealkylation sites (N-methyl/N-ethyl adjacent to an activating group) is 1. The number of nitrogens with zero attached hydrogens (tertiary/aromatic N) is 5. The second-order valence-electron chi connectivity index (χ2n) is 11.3. The summed E-state index contributed by atoms with van der Waals surface area (Å²) in [6, 6.07) is 5.04. The standard InChI is InChI=1S/C29H34FN7O2S/c1-16-18(13-23(38)20-8-7-19(12-21(20)30)17-5-6-17)4-3-10-37(16)25-14-32-26(27(31)39)28(34-25)35-29-33-22-9-11-36(2)15-24(22)40-29/h7-8,12,14,16-18H,3-6,9-11,13,15H2,1-2H3,(H2,31,39)(H,33,34,35)/t16-,18+/m1/s1. The van der Waals surface area contributed by atoms with Gasteiger partial charge in [0.15, 0.2) is 22.4 Å². The van der Waals surface area contributed by atoms with E-state index in [0.717, 1.165) is 63.0 Å². The van der Waals surface area contributed by atoms with Crippen LogP contribution in [0, 0.1) is 11.7 Å². The monoisotopic (exact) mass is 563 g/mol. The highest BCUT2D eigenvalue weighted by Gasteiger charge is 2.32. The Morgan fingerprint density at radius 1 is 1.20 bits per heavy atom. The predicted molar refractivity (Wildman–Crippen MR) is 153 cm³/mol. The summed E-state index contributed by atoms with van der Waals surface area (Å²) in [7, 11) is 2.08. The maximum atomic E-state index is 14.8. The fraction of sp³-hybridized carbons (Fsp3) is 0.483. The average molecular weight is 564 g/mol. The molecule has 0 radical (unpaired) electrons. The molecule has 1 aliphatic carbocycles. The highest BCUT2D eigenvalue weighted by molar-refractivity contribution is 7.15. The van der Waals surface area contributed by atoms with Gasteiger partial charge >= 0.3 is 0 Å². The first-order valence-electron chi connectivity index (χ1n) is 14.0. The molecule has 2 atom stereocenters. The van der Waals surface area contributed by atoms with Crippen molar-refractivity contribution in [3.05, 3.63) is 57.6 Å². The van der Waals surface area contributed by atoms with Gasteiger partial charge in [-0.1, -0.05) is 6.07 Å². The molecule has 6 rings (SSSR count). The van der Waals surface area contributed by atoms with Gasteiger partial charge in [0, 0.05) is 43.4 Å². The Balaban J connectivity index is 1.20. The van der Waals surface area contributed by atoms with Gasteiger partial charge in [-0.15, -0.1) is 11.3 Å². The third-order valence-electron chi connectivity index (χ3n) is 8.37. The maximum Gasteiger partial charge on any atom is 0.271 e. The number of carbonyl (C=O) groups is 2. The van der Waals surface area contributed by atoms with E-state index in [1.54, 1.807) is 23.6 Å². The summed E-state index contributed by atoms with van der Waals surface area (Å²) in [5.74, 6) is 0.0665. The minimum atomic E-state index is -0.674. The van der Waals surface area contributed by atoms with Gasteiger partial charge in [-0.2, -0.15) is 0 Å². The molecule has 1 aromatic carbocycles. The molecule has 3 aromatic rings. The van der Waals surface area contributed by atoms with Crippen molar-refractivity contribution < 1.29 is 14.0 Å². The minimum absolute atomic E-state index is 0.0282. The fourth-order valence-corrected chi connectivity index (χ4v) is 6.95. The van der Waals surface area contributed by atoms with Crippen LogP contribution in [0.2, 0.25) is 0 Å². The Morgan fingerprint density at radius 3 is 2.77 bits per heavy atom. The van der Waals surface area contributed by atoms with Crippen LogP contribution >= 0.6 is 11.3 Å². The van der Waals surface area contributed by atoms with Crippen molar-refractivity contribution in [3.8, 4) is 0 Å². The summed E-state index contributed by atoms with van der Waals surface area (Å²) in [5.41, 5.74) is 7.89. The van der Waals surface area contributed by atoms with E-state index >= 15 is 0 Å². The molecule has 2 fully saturated rings. The number of piperidine rings is 1. The third kappa shape index (κ3) is 5.44. The van der Waals surface area contributed by atoms with Crippen LogP contribution < -0.4 is 16.0 Å². The van der Waals surface area contributed by atoms with Crippen LogP contribution in [0.5, 0.6) is 0 Å². The molecule has 2 aliphatic heterocycles. The molecular formula is C29H34FN7O2S. The number of nitrogens with two attached hydrogens (primary N) is 1. The number of ketones is 1. The van der Waals surface area contributed by atoms with Crippen LogP contribution in [-0.2, 0) is 13.0 Å². The number of nitrogens with one attached hydrogen (secondary N) is 1. The molecule has 2 aromatic heterocycles. The highest BCUT2D eigenvalue weighted by Crippen LogP contribution is 2.40. The lowest BCUT2D eigenvalue weighted by atomic mass is 9.84. The molecular weight excluding hydrogens is 529 g/mol. The number of rotatable bonds is 8. The average Bonchev–Trinajstić information content (AvgIpc) is 3.70. The van der Waals surface area contributed by atoms with Crippen molar-refractivity contribution in [1.29, 1.82) is 0 Å². The smallest absolute Gasteiger partial charge is 0.271 e. The van der Waals surface area contributed by atoms with Gasteiger partial charge in [-0.3, -0.25) is 9.59 Å². The summed E-state index contributed by atoms with van der Waals surface area (Å²) in [6.07, 6.45) is 6.59. The van der Waals surface area contributed by atoms with Crippen LogP contribution in [0.3, 0.4) is 0 Å². The van der Waals surface area contributed by atoms with E-state index in [1.807, 2.05) is 6.07 Å². The number of primary amides is 1. The van der Waals surface area contributed by atoms with Crippen LogP contribution in [-0.4, -0.2) is 57.7 Å². The number of hydrogen-bond donors (Lipinski definition) is 2. The molecule has 0 spiro atoms. The molecule has 0 bridgehead atoms. The zero-order valence-corrected chi connectivity index (χ0v) is 23.6. The molecule has 1 saturated carbocycles. The van der Waals surface area contributed by atoms with Crippen LogP contribution in [0.25, 0.3) is 0 Å². The van der Waals surface area contributed by atoms with Gasteiger partial charge in [-0.25, -0.2) is 19.3 Å². The van der Waals surface area contributed by atoms with Crippen molar-refractivity contribution >= 4 is 39.8 Å². The van der Waals surface area contributed by atoms with Gasteiger partial charge < -0.3 is 20.9 Å². The summed E-state index contributed by atoms with van der Waals surface area (Å²) in [5, 5.41) is 3.85. The van der Waals surface area contributed by atoms with Crippen molar-refractivity contribution in [3.63, 3.8) is 0 Å². The first-order valence-corrected chi connectivity index (χ1v) is 14.8. The number of anilines is 3. The summed E-state index contributed by atoms with van der Waals surface area (Å²) in [4.78, 5) is 44.7. The number of fused-ring (bicyclic) bond motifs is 1. The molecule has 4 heterocycles. The summed E-state index contributed by atoms with van der Waals surface area (Å²) < 4.78 is 14.8. The Hall–Kier alpha value is -3.44. The molecule has 3 N–H and O–H groups in total. The van der Waals surface area contributed by atoms with E-state index in [9.17, 15) is 14.0 Å². The topological polar surface area (TPSA) is 117 Å². The van der Waals surface area contributed by atoms with Crippen molar-refractivity contribution in [1.82, 2.24) is 19.9 Å². The lowest BCUT2D eigenvalue weighted by molar-refractivity contribution is 0.0940. The summed E-state index contributed by atoms with van der Waals surface area (Å²) >= 11 is 1.54. The Labute approximate surface area is 237 Å². The van der Waals surface area contributed by atoms with E-state index in [2.05, 4.69) is 34.1 Å². The zero-order chi connectivity index (χ0) is 28.0. The van der Waals surface area contributed by atoms with Gasteiger partial charge in [0.1, 0.15) is 11.6 Å². The van der Waals surface area contributed by atoms with E-state index in [-0.39, 0.29) is 41.2 Å². The molecule has 9 nitrogen and oxygen atoms in total. The molecule has 40 heavy (non-hydrogen) atoms. The maximum absolute atomic E-state index is 14.8. The highest BCUT2D eigenvalue weighted by atomic mass is 32.1. The number of carbonyl (C=O) groups excluding carboxylic acids is 2. The molecule has 210 valence electrons. The predicted octanol–water partition coefficient (Wildman–Crippen LogP) is 4.66. The number of amides is 1. The van der Waals surface area contributed by atoms with E-state index in [0.29, 0.717) is 16.9 Å². The third-order valence-corrected chi connectivity index (χ3v) is 9.37. The fourth-order valence-electron chi connectivity index (χ4n) is 5.86. The lowest BCUT2D eigenvalue weighted by Crippen LogP contribution is -2.44. The van der Waals surface area contributed by atoms with Crippen LogP contribution in [0.4, 0.5) is 21.2 Å². The number of hydrogen-bond acceptors (Lipinski definition) is 9. The van der Waals surface area contributed by atoms with Crippen LogP contribution in [0.15, 0.2) is 24.4 Å². The molecule has 3 aliphatic rings. The normalized spacial score (nSPS) is 21.2. The first kappa shape index (κ1) is 26.8. The van der Waals surface area contributed by atoms with Gasteiger partial charge in [0.25, 0.3) is 5.91 Å². The Morgan fingerprint density at radius 2 is 2.02 bits per heavy atom. The minimum Gasteiger partial charge on any atom is -0.364 e. The SMILES string of the molecule is C[C@@H]1[C@H](CC(=O)c2ccc(C3CC3)cc2F)CCCN1c1cnc(C(N)=O)c(Nc2nc3c(s2)CN(C)CC3)n1. The number of Topliss-reactive ketones (excluding diaryl/α,β-unsaturated/α-hetero) is 1. The van der Waals surface area contributed by atoms with Crippen molar-refractivity contribution in [2.24, 2.45) is 11.7 Å². The Bertz CT molecular complexity index is 1460. The Kier molecular flexibility index (Phi) is 7.26. The quantitative estimate of drug-likeness (QED) is 0.380. The van der Waals surface area contributed by atoms with E-state index < -0.39 is 11.7 Å². The van der Waals surface area contributed by atoms with Gasteiger partial charge in [0.2, 0.25) is 0 Å². The summed E-state index contributed by atoms with van der Waals surface area (Å²) in [6.45, 7) is 4.58. The van der Waals surface area contributed by atoms with Crippen LogP contribution in [0.1, 0.15) is 81.9 Å². The second-order valence-corrected chi connectivity index (χ2v) is 12.4. The number of aromatic nitrogens is 3. The van der Waals surface area contributed by atoms with Gasteiger partial charge in [0.05, 0.1) is 17.5 Å². The molecule has 0 unspecified atom stereocenters. The number of benzene rings is 1. The number of thiazole rings is 1. The molecule has 11 heteroatoms. The lowest BCUT2D eigenvalue weighted by Gasteiger charge is -2.40. The van der Waals surface area contributed by atoms with Crippen molar-refractivity contribution in [2.75, 3.05) is 30.4 Å². The van der Waals surface area contributed by atoms with Crippen molar-refractivity contribution in [2.45, 2.75) is 64.0 Å². The largest absolute Gasteiger partial charge is 0.364 e. The van der Waals surface area contributed by atoms with E-state index in [1.165, 1.54) is 10.9 Å².